The van der Waals surface area contributed by atoms with Crippen LogP contribution < -0.4 is 0 Å². The Bertz CT molecular complexity index is 474. The van der Waals surface area contributed by atoms with E-state index < -0.39 is 0 Å². The van der Waals surface area contributed by atoms with E-state index in [0.29, 0.717) is 0 Å². The van der Waals surface area contributed by atoms with Gasteiger partial charge in [0.05, 0.1) is 12.2 Å². The molecule has 0 spiro atoms. The number of halogens is 1. The van der Waals surface area contributed by atoms with Gasteiger partial charge in [0.25, 0.3) is 0 Å². The van der Waals surface area contributed by atoms with Gasteiger partial charge in [0.15, 0.2) is 0 Å². The Kier molecular flexibility index (Phi) is 3.54. The number of rotatable bonds is 4. The Morgan fingerprint density at radius 1 is 1.18 bits per heavy atom. The third-order valence-electron chi connectivity index (χ3n) is 2.56. The first-order valence-electron chi connectivity index (χ1n) is 5.59. The molecule has 0 aliphatic carbocycles. The van der Waals surface area contributed by atoms with Crippen molar-refractivity contribution in [3.63, 3.8) is 0 Å². The highest BCUT2D eigenvalue weighted by Gasteiger charge is 2.02. The van der Waals surface area contributed by atoms with Crippen LogP contribution in [0, 0.1) is 5.82 Å². The third kappa shape index (κ3) is 3.14. The lowest BCUT2D eigenvalue weighted by molar-refractivity contribution is 0.373. The van der Waals surface area contributed by atoms with E-state index >= 15 is 0 Å². The molecule has 90 valence electrons. The predicted molar refractivity (Wildman–Crippen MR) is 66.2 cm³/mol. The number of hydrogen-bond donors (Lipinski definition) is 0. The van der Waals surface area contributed by atoms with Gasteiger partial charge in [0.1, 0.15) is 5.82 Å². The van der Waals surface area contributed by atoms with Crippen LogP contribution in [0.4, 0.5) is 4.39 Å². The molecule has 2 aromatic rings. The molecule has 0 saturated heterocycles. The van der Waals surface area contributed by atoms with Crippen LogP contribution in [-0.4, -0.2) is 35.3 Å². The van der Waals surface area contributed by atoms with Crippen molar-refractivity contribution in [1.82, 2.24) is 14.7 Å². The second-order valence-electron chi connectivity index (χ2n) is 4.27. The van der Waals surface area contributed by atoms with E-state index in [1.165, 1.54) is 12.1 Å². The van der Waals surface area contributed by atoms with Crippen molar-refractivity contribution < 1.29 is 4.39 Å². The summed E-state index contributed by atoms with van der Waals surface area (Å²) in [5, 5.41) is 4.45. The van der Waals surface area contributed by atoms with Crippen LogP contribution in [0.3, 0.4) is 0 Å². The number of likely N-dealkylation sites (N-methyl/N-ethyl adjacent to an activating group) is 1. The summed E-state index contributed by atoms with van der Waals surface area (Å²) in [6.45, 7) is 1.80. The van der Waals surface area contributed by atoms with Gasteiger partial charge in [-0.25, -0.2) is 4.39 Å². The molecule has 3 nitrogen and oxygen atoms in total. The normalized spacial score (nSPS) is 11.1. The fourth-order valence-electron chi connectivity index (χ4n) is 1.56. The second kappa shape index (κ2) is 5.10. The van der Waals surface area contributed by atoms with Crippen molar-refractivity contribution in [2.45, 2.75) is 6.54 Å². The molecular weight excluding hydrogens is 217 g/mol. The van der Waals surface area contributed by atoms with Crippen LogP contribution in [-0.2, 0) is 6.54 Å². The van der Waals surface area contributed by atoms with E-state index in [2.05, 4.69) is 10.00 Å². The zero-order valence-corrected chi connectivity index (χ0v) is 10.1. The van der Waals surface area contributed by atoms with Gasteiger partial charge in [-0.15, -0.1) is 0 Å². The van der Waals surface area contributed by atoms with E-state index in [1.54, 1.807) is 12.1 Å². The number of benzene rings is 1. The first-order valence-corrected chi connectivity index (χ1v) is 5.59. The maximum Gasteiger partial charge on any atom is 0.123 e. The van der Waals surface area contributed by atoms with Crippen LogP contribution in [0.5, 0.6) is 0 Å². The summed E-state index contributed by atoms with van der Waals surface area (Å²) >= 11 is 0. The van der Waals surface area contributed by atoms with E-state index in [-0.39, 0.29) is 5.82 Å². The molecule has 4 heteroatoms. The van der Waals surface area contributed by atoms with Crippen LogP contribution in [0.25, 0.3) is 11.3 Å². The fraction of sp³-hybridized carbons (Fsp3) is 0.308. The molecule has 2 rings (SSSR count). The first-order chi connectivity index (χ1) is 8.15. The summed E-state index contributed by atoms with van der Waals surface area (Å²) in [6, 6.07) is 8.34. The van der Waals surface area contributed by atoms with Crippen molar-refractivity contribution in [1.29, 1.82) is 0 Å². The summed E-state index contributed by atoms with van der Waals surface area (Å²) in [6.07, 6.45) is 1.95. The average Bonchev–Trinajstić information content (AvgIpc) is 2.76. The Labute approximate surface area is 100 Å². The fourth-order valence-corrected chi connectivity index (χ4v) is 1.56. The van der Waals surface area contributed by atoms with Gasteiger partial charge >= 0.3 is 0 Å². The zero-order chi connectivity index (χ0) is 12.3. The molecule has 1 aromatic heterocycles. The van der Waals surface area contributed by atoms with Gasteiger partial charge in [-0.3, -0.25) is 4.68 Å². The first kappa shape index (κ1) is 11.8. The third-order valence-corrected chi connectivity index (χ3v) is 2.56. The Hall–Kier alpha value is -1.68. The SMILES string of the molecule is CN(C)CCn1ccc(-c2ccc(F)cc2)n1. The van der Waals surface area contributed by atoms with Gasteiger partial charge in [-0.2, -0.15) is 5.10 Å². The number of nitrogens with zero attached hydrogens (tertiary/aromatic N) is 3. The quantitative estimate of drug-likeness (QED) is 0.807. The summed E-state index contributed by atoms with van der Waals surface area (Å²) in [5.74, 6) is -0.221. The molecule has 1 heterocycles. The largest absolute Gasteiger partial charge is 0.308 e. The van der Waals surface area contributed by atoms with E-state index in [9.17, 15) is 4.39 Å². The molecule has 0 aliphatic rings. The van der Waals surface area contributed by atoms with Crippen molar-refractivity contribution in [2.24, 2.45) is 0 Å². The Morgan fingerprint density at radius 2 is 1.88 bits per heavy atom. The lowest BCUT2D eigenvalue weighted by atomic mass is 10.1. The highest BCUT2D eigenvalue weighted by molar-refractivity contribution is 5.58. The molecule has 0 aliphatic heterocycles. The van der Waals surface area contributed by atoms with Crippen LogP contribution in [0.1, 0.15) is 0 Å². The van der Waals surface area contributed by atoms with Gasteiger partial charge in [0.2, 0.25) is 0 Å². The molecule has 0 saturated carbocycles. The Balaban J connectivity index is 2.10. The summed E-state index contributed by atoms with van der Waals surface area (Å²) in [4.78, 5) is 2.11. The predicted octanol–water partition coefficient (Wildman–Crippen LogP) is 2.25. The number of hydrogen-bond acceptors (Lipinski definition) is 2. The molecule has 0 amide bonds. The van der Waals surface area contributed by atoms with Crippen molar-refractivity contribution in [2.75, 3.05) is 20.6 Å². The summed E-state index contributed by atoms with van der Waals surface area (Å²) in [7, 11) is 4.06. The number of aromatic nitrogens is 2. The topological polar surface area (TPSA) is 21.1 Å². The van der Waals surface area contributed by atoms with Crippen molar-refractivity contribution in [3.05, 3.63) is 42.3 Å². The molecule has 0 radical (unpaired) electrons. The lowest BCUT2D eigenvalue weighted by Gasteiger charge is -2.08. The maximum absolute atomic E-state index is 12.8. The van der Waals surface area contributed by atoms with Gasteiger partial charge in [-0.05, 0) is 44.4 Å². The van der Waals surface area contributed by atoms with Crippen molar-refractivity contribution >= 4 is 0 Å². The summed E-state index contributed by atoms with van der Waals surface area (Å²) < 4.78 is 14.7. The van der Waals surface area contributed by atoms with Gasteiger partial charge < -0.3 is 4.90 Å². The van der Waals surface area contributed by atoms with Crippen LogP contribution >= 0.6 is 0 Å². The van der Waals surface area contributed by atoms with Crippen LogP contribution in [0.15, 0.2) is 36.5 Å². The minimum absolute atomic E-state index is 0.221. The zero-order valence-electron chi connectivity index (χ0n) is 10.1. The molecule has 1 aromatic carbocycles. The van der Waals surface area contributed by atoms with E-state index in [1.807, 2.05) is 31.0 Å². The highest BCUT2D eigenvalue weighted by atomic mass is 19.1. The van der Waals surface area contributed by atoms with Crippen molar-refractivity contribution in [3.8, 4) is 11.3 Å². The molecule has 0 atom stereocenters. The van der Waals surface area contributed by atoms with Gasteiger partial charge in [0, 0.05) is 18.3 Å². The average molecular weight is 233 g/mol. The summed E-state index contributed by atoms with van der Waals surface area (Å²) in [5.41, 5.74) is 1.82. The van der Waals surface area contributed by atoms with E-state index in [0.717, 1.165) is 24.3 Å². The molecule has 0 fully saturated rings. The van der Waals surface area contributed by atoms with Gasteiger partial charge in [-0.1, -0.05) is 0 Å². The molecule has 17 heavy (non-hydrogen) atoms. The Morgan fingerprint density at radius 3 is 2.53 bits per heavy atom. The smallest absolute Gasteiger partial charge is 0.123 e. The highest BCUT2D eigenvalue weighted by Crippen LogP contribution is 2.16. The minimum Gasteiger partial charge on any atom is -0.308 e. The molecule has 0 unspecified atom stereocenters. The molecule has 0 N–H and O–H groups in total. The van der Waals surface area contributed by atoms with Crippen LogP contribution in [0.2, 0.25) is 0 Å². The monoisotopic (exact) mass is 233 g/mol. The second-order valence-corrected chi connectivity index (χ2v) is 4.27. The van der Waals surface area contributed by atoms with E-state index in [4.69, 9.17) is 0 Å². The maximum atomic E-state index is 12.8. The standard InChI is InChI=1S/C13H16FN3/c1-16(2)9-10-17-8-7-13(15-17)11-3-5-12(14)6-4-11/h3-8H,9-10H2,1-2H3. The molecular formula is C13H16FN3. The minimum atomic E-state index is -0.221. The lowest BCUT2D eigenvalue weighted by Crippen LogP contribution is -2.18. The molecule has 0 bridgehead atoms.